The highest BCUT2D eigenvalue weighted by Crippen LogP contribution is 2.51. The Morgan fingerprint density at radius 1 is 1.21 bits per heavy atom. The number of hydrogen-bond donors (Lipinski definition) is 1. The summed E-state index contributed by atoms with van der Waals surface area (Å²) in [5, 5.41) is 10.0. The van der Waals surface area contributed by atoms with E-state index in [9.17, 15) is 9.90 Å². The van der Waals surface area contributed by atoms with Crippen molar-refractivity contribution < 1.29 is 9.90 Å². The van der Waals surface area contributed by atoms with E-state index in [-0.39, 0.29) is 11.3 Å². The van der Waals surface area contributed by atoms with Crippen molar-refractivity contribution in [1.29, 1.82) is 0 Å². The number of carbonyl (C=O) groups is 1. The van der Waals surface area contributed by atoms with E-state index in [1.165, 1.54) is 12.0 Å². The number of nitrogens with one attached hydrogen (secondary N) is 1. The molecule has 4 nitrogen and oxygen atoms in total. The fraction of sp³-hybridized carbons (Fsp3) is 0.480. The van der Waals surface area contributed by atoms with Crippen LogP contribution in [-0.2, 0) is 16.6 Å². The Morgan fingerprint density at radius 3 is 2.72 bits per heavy atom. The Bertz CT molecular complexity index is 853. The summed E-state index contributed by atoms with van der Waals surface area (Å²) >= 11 is 0. The Labute approximate surface area is 173 Å². The van der Waals surface area contributed by atoms with Crippen LogP contribution in [0.15, 0.2) is 54.6 Å². The van der Waals surface area contributed by atoms with Crippen LogP contribution in [0.2, 0.25) is 0 Å². The van der Waals surface area contributed by atoms with E-state index < -0.39 is 5.91 Å². The maximum absolute atomic E-state index is 12.1. The van der Waals surface area contributed by atoms with Crippen LogP contribution >= 0.6 is 0 Å². The molecule has 4 atom stereocenters. The molecule has 2 bridgehead atoms. The molecule has 1 amide bonds. The topological polar surface area (TPSA) is 64.3 Å². The molecule has 4 unspecified atom stereocenters. The lowest BCUT2D eigenvalue weighted by atomic mass is 9.57. The number of nitrogens with zero attached hydrogens (tertiary/aromatic N) is 1. The van der Waals surface area contributed by atoms with Gasteiger partial charge in [0.25, 0.3) is 0 Å². The zero-order valence-electron chi connectivity index (χ0n) is 17.2. The number of phenols is 1. The third-order valence-electron chi connectivity index (χ3n) is 7.46. The molecule has 1 aliphatic carbocycles. The van der Waals surface area contributed by atoms with Gasteiger partial charge in [0.2, 0.25) is 5.91 Å². The van der Waals surface area contributed by atoms with Crippen molar-refractivity contribution in [1.82, 2.24) is 10.6 Å². The summed E-state index contributed by atoms with van der Waals surface area (Å²) in [5.41, 5.74) is 10.3. The molecule has 0 aromatic heterocycles. The number of amides is 1. The summed E-state index contributed by atoms with van der Waals surface area (Å²) in [5.74, 6) is 0.0725. The van der Waals surface area contributed by atoms with E-state index in [4.69, 9.17) is 5.73 Å². The molecule has 153 valence electrons. The van der Waals surface area contributed by atoms with Gasteiger partial charge in [-0.1, -0.05) is 55.8 Å². The van der Waals surface area contributed by atoms with Crippen LogP contribution in [0.1, 0.15) is 43.7 Å². The first-order valence-electron chi connectivity index (χ1n) is 10.8. The lowest BCUT2D eigenvalue weighted by Crippen LogP contribution is -2.58. The third-order valence-corrected chi connectivity index (χ3v) is 7.46. The van der Waals surface area contributed by atoms with Crippen molar-refractivity contribution in [2.75, 3.05) is 13.1 Å². The van der Waals surface area contributed by atoms with Gasteiger partial charge in [0.1, 0.15) is 5.75 Å². The largest absolute Gasteiger partial charge is 0.508 e. The van der Waals surface area contributed by atoms with Crippen molar-refractivity contribution in [2.45, 2.75) is 50.5 Å². The zero-order chi connectivity index (χ0) is 20.4. The van der Waals surface area contributed by atoms with Crippen molar-refractivity contribution >= 4 is 5.91 Å². The normalized spacial score (nSPS) is 28.0. The van der Waals surface area contributed by atoms with Crippen LogP contribution in [-0.4, -0.2) is 35.0 Å². The van der Waals surface area contributed by atoms with E-state index >= 15 is 0 Å². The molecule has 2 fully saturated rings. The molecule has 1 radical (unpaired) electrons. The fourth-order valence-electron chi connectivity index (χ4n) is 5.85. The maximum Gasteiger partial charge on any atom is 0.243 e. The summed E-state index contributed by atoms with van der Waals surface area (Å²) in [6, 6.07) is 18.3. The predicted octanol–water partition coefficient (Wildman–Crippen LogP) is 4.19. The number of hydrogen-bond acceptors (Lipinski definition) is 3. The molecule has 2 aliphatic rings. The number of piperidine rings is 1. The number of benzene rings is 2. The second-order valence-electron chi connectivity index (χ2n) is 8.95. The van der Waals surface area contributed by atoms with Gasteiger partial charge in [-0.3, -0.25) is 15.4 Å². The van der Waals surface area contributed by atoms with Crippen molar-refractivity contribution in [2.24, 2.45) is 11.8 Å². The van der Waals surface area contributed by atoms with Crippen molar-refractivity contribution in [3.8, 4) is 5.75 Å². The predicted molar refractivity (Wildman–Crippen MR) is 115 cm³/mol. The highest BCUT2D eigenvalue weighted by atomic mass is 16.3. The number of rotatable bonds is 6. The van der Waals surface area contributed by atoms with Gasteiger partial charge < -0.3 is 5.11 Å². The van der Waals surface area contributed by atoms with Crippen LogP contribution in [0.3, 0.4) is 0 Å². The molecular weight excluding hydrogens is 360 g/mol. The van der Waals surface area contributed by atoms with E-state index in [1.807, 2.05) is 42.5 Å². The van der Waals surface area contributed by atoms with Gasteiger partial charge in [-0.15, -0.1) is 0 Å². The number of phenolic OH excluding ortho intramolecular Hbond substituents is 1. The van der Waals surface area contributed by atoms with Gasteiger partial charge in [0.05, 0.1) is 5.92 Å². The first-order valence-corrected chi connectivity index (χ1v) is 10.8. The van der Waals surface area contributed by atoms with Crippen LogP contribution in [0.4, 0.5) is 0 Å². The molecule has 29 heavy (non-hydrogen) atoms. The average molecular weight is 392 g/mol. The molecule has 2 aromatic carbocycles. The second kappa shape index (κ2) is 8.19. The van der Waals surface area contributed by atoms with Crippen LogP contribution in [0.25, 0.3) is 0 Å². The van der Waals surface area contributed by atoms with Gasteiger partial charge in [-0.25, -0.2) is 0 Å². The van der Waals surface area contributed by atoms with Gasteiger partial charge in [0, 0.05) is 18.0 Å². The molecule has 4 heteroatoms. The number of likely N-dealkylation sites (tertiary alicyclic amines) is 1. The molecule has 1 heterocycles. The SMILES string of the molecule is CC1C2CCCC1(c1cccc(O)c1)CCN2CC(Cc1ccccc1)C([NH])=O. The highest BCUT2D eigenvalue weighted by Gasteiger charge is 2.49. The van der Waals surface area contributed by atoms with E-state index in [2.05, 4.69) is 17.9 Å². The Morgan fingerprint density at radius 2 is 2.00 bits per heavy atom. The molecule has 4 rings (SSSR count). The average Bonchev–Trinajstić information content (AvgIpc) is 2.70. The summed E-state index contributed by atoms with van der Waals surface area (Å²) < 4.78 is 0. The standard InChI is InChI=1S/C25H31N2O2/c1-18-23-11-6-12-25(18,21-9-5-10-22(28)16-21)13-14-27(23)17-20(24(26)29)15-19-7-3-2-4-8-19/h2-5,7-10,16,18,20,23,26,28H,6,11-15,17H2,1H3. The summed E-state index contributed by atoms with van der Waals surface area (Å²) in [4.78, 5) is 14.6. The Kier molecular flexibility index (Phi) is 5.64. The van der Waals surface area contributed by atoms with Crippen LogP contribution < -0.4 is 5.73 Å². The number of fused-ring (bicyclic) bond motifs is 2. The monoisotopic (exact) mass is 391 g/mol. The highest BCUT2D eigenvalue weighted by molar-refractivity contribution is 5.76. The minimum absolute atomic E-state index is 0.109. The van der Waals surface area contributed by atoms with Crippen LogP contribution in [0.5, 0.6) is 5.75 Å². The number of carbonyl (C=O) groups excluding carboxylic acids is 1. The summed E-state index contributed by atoms with van der Waals surface area (Å²) in [7, 11) is 0. The third kappa shape index (κ3) is 3.91. The van der Waals surface area contributed by atoms with E-state index in [1.54, 1.807) is 6.07 Å². The van der Waals surface area contributed by atoms with Crippen molar-refractivity contribution in [3.05, 3.63) is 65.7 Å². The van der Waals surface area contributed by atoms with E-state index in [0.29, 0.717) is 30.7 Å². The molecule has 1 saturated carbocycles. The number of aromatic hydroxyl groups is 1. The van der Waals surface area contributed by atoms with Crippen LogP contribution in [0, 0.1) is 11.8 Å². The molecule has 1 saturated heterocycles. The Hall–Kier alpha value is -2.33. The van der Waals surface area contributed by atoms with Gasteiger partial charge >= 0.3 is 0 Å². The molecule has 2 aromatic rings. The minimum Gasteiger partial charge on any atom is -0.508 e. The summed E-state index contributed by atoms with van der Waals surface area (Å²) in [6.07, 6.45) is 5.15. The lowest BCUT2D eigenvalue weighted by Gasteiger charge is -2.56. The summed E-state index contributed by atoms with van der Waals surface area (Å²) in [6.45, 7) is 3.96. The fourth-order valence-corrected chi connectivity index (χ4v) is 5.85. The molecular formula is C25H31N2O2. The first kappa shape index (κ1) is 20.0. The second-order valence-corrected chi connectivity index (χ2v) is 8.95. The lowest BCUT2D eigenvalue weighted by molar-refractivity contribution is -0.124. The Balaban J connectivity index is 1.53. The van der Waals surface area contributed by atoms with Crippen molar-refractivity contribution in [3.63, 3.8) is 0 Å². The van der Waals surface area contributed by atoms with Gasteiger partial charge in [-0.05, 0) is 61.4 Å². The molecule has 0 spiro atoms. The first-order chi connectivity index (χ1) is 14.0. The van der Waals surface area contributed by atoms with Gasteiger partial charge in [-0.2, -0.15) is 0 Å². The van der Waals surface area contributed by atoms with E-state index in [0.717, 1.165) is 31.4 Å². The minimum atomic E-state index is -0.456. The smallest absolute Gasteiger partial charge is 0.243 e. The maximum atomic E-state index is 12.1. The molecule has 2 N–H and O–H groups in total. The van der Waals surface area contributed by atoms with Gasteiger partial charge in [0.15, 0.2) is 0 Å². The zero-order valence-corrected chi connectivity index (χ0v) is 17.2. The molecule has 1 aliphatic heterocycles. The quantitative estimate of drug-likeness (QED) is 0.803.